The van der Waals surface area contributed by atoms with Gasteiger partial charge >= 0.3 is 0 Å². The van der Waals surface area contributed by atoms with Crippen LogP contribution in [0.2, 0.25) is 0 Å². The second-order valence-electron chi connectivity index (χ2n) is 22.2. The van der Waals surface area contributed by atoms with Crippen LogP contribution < -0.4 is 5.32 Å². The highest BCUT2D eigenvalue weighted by Gasteiger charge is 2.51. The van der Waals surface area contributed by atoms with Crippen molar-refractivity contribution in [2.75, 3.05) is 19.8 Å². The Morgan fingerprint density at radius 2 is 0.838 bits per heavy atom. The van der Waals surface area contributed by atoms with Gasteiger partial charge in [0, 0.05) is 6.42 Å². The van der Waals surface area contributed by atoms with Gasteiger partial charge in [0.15, 0.2) is 12.6 Å². The van der Waals surface area contributed by atoms with Crippen LogP contribution in [-0.2, 0) is 23.7 Å². The van der Waals surface area contributed by atoms with Crippen LogP contribution in [0.1, 0.15) is 271 Å². The summed E-state index contributed by atoms with van der Waals surface area (Å²) >= 11 is 0. The summed E-state index contributed by atoms with van der Waals surface area (Å²) in [6, 6.07) is -0.909. The molecule has 2 aliphatic rings. The van der Waals surface area contributed by atoms with Gasteiger partial charge in [-0.2, -0.15) is 0 Å². The van der Waals surface area contributed by atoms with Gasteiger partial charge in [-0.05, 0) is 19.3 Å². The van der Waals surface area contributed by atoms with E-state index in [4.69, 9.17) is 18.9 Å². The molecule has 12 unspecified atom stereocenters. The van der Waals surface area contributed by atoms with Crippen LogP contribution in [0.25, 0.3) is 0 Å². The molecule has 0 spiro atoms. The molecule has 14 heteroatoms. The molecule has 0 aromatic carbocycles. The fraction of sp³-hybridized carbons (Fsp3) is 0.950. The Balaban J connectivity index is 1.72. The summed E-state index contributed by atoms with van der Waals surface area (Å²) in [5, 5.41) is 87.1. The Labute approximate surface area is 450 Å². The molecule has 1 amide bonds. The van der Waals surface area contributed by atoms with Crippen molar-refractivity contribution in [1.82, 2.24) is 5.32 Å². The Bertz CT molecular complexity index is 1290. The van der Waals surface area contributed by atoms with E-state index in [0.717, 1.165) is 38.5 Å². The number of hydrogen-bond donors (Lipinski definition) is 9. The van der Waals surface area contributed by atoms with E-state index in [2.05, 4.69) is 19.2 Å². The first-order valence-electron chi connectivity index (χ1n) is 30.9. The predicted molar refractivity (Wildman–Crippen MR) is 295 cm³/mol. The summed E-state index contributed by atoms with van der Waals surface area (Å²) in [5.41, 5.74) is 0. The van der Waals surface area contributed by atoms with E-state index >= 15 is 0 Å². The summed E-state index contributed by atoms with van der Waals surface area (Å²) < 4.78 is 22.8. The smallest absolute Gasteiger partial charge is 0.220 e. The summed E-state index contributed by atoms with van der Waals surface area (Å²) in [5.74, 6) is -0.235. The Hall–Kier alpha value is -1.27. The van der Waals surface area contributed by atoms with E-state index in [1.807, 2.05) is 6.08 Å². The van der Waals surface area contributed by atoms with Gasteiger partial charge in [0.1, 0.15) is 48.8 Å². The van der Waals surface area contributed by atoms with E-state index in [-0.39, 0.29) is 18.9 Å². The van der Waals surface area contributed by atoms with Crippen molar-refractivity contribution in [3.63, 3.8) is 0 Å². The molecule has 0 saturated carbocycles. The molecular weight excluding hydrogens is 943 g/mol. The molecule has 2 heterocycles. The van der Waals surface area contributed by atoms with Crippen LogP contribution in [-0.4, -0.2) is 140 Å². The van der Waals surface area contributed by atoms with E-state index < -0.39 is 86.8 Å². The topological polar surface area (TPSA) is 228 Å². The van der Waals surface area contributed by atoms with Crippen LogP contribution >= 0.6 is 0 Å². The minimum absolute atomic E-state index is 0.235. The number of unbranched alkanes of at least 4 members (excludes halogenated alkanes) is 37. The van der Waals surface area contributed by atoms with Crippen molar-refractivity contribution in [1.29, 1.82) is 0 Å². The van der Waals surface area contributed by atoms with Crippen LogP contribution in [0.4, 0.5) is 0 Å². The third-order valence-corrected chi connectivity index (χ3v) is 15.5. The zero-order valence-corrected chi connectivity index (χ0v) is 47.1. The Kier molecular flexibility index (Phi) is 43.4. The number of hydrogen-bond acceptors (Lipinski definition) is 13. The van der Waals surface area contributed by atoms with Gasteiger partial charge in [-0.25, -0.2) is 0 Å². The van der Waals surface area contributed by atoms with E-state index in [1.165, 1.54) is 205 Å². The Morgan fingerprint density at radius 3 is 1.24 bits per heavy atom. The third-order valence-electron chi connectivity index (χ3n) is 15.5. The number of aliphatic hydroxyl groups is 8. The zero-order valence-electron chi connectivity index (χ0n) is 47.1. The van der Waals surface area contributed by atoms with Gasteiger partial charge in [0.05, 0.1) is 32.0 Å². The first-order chi connectivity index (χ1) is 36.1. The fourth-order valence-corrected chi connectivity index (χ4v) is 10.5. The van der Waals surface area contributed by atoms with E-state index in [9.17, 15) is 45.6 Å². The van der Waals surface area contributed by atoms with Gasteiger partial charge in [-0.3, -0.25) is 4.79 Å². The highest BCUT2D eigenvalue weighted by molar-refractivity contribution is 5.76. The largest absolute Gasteiger partial charge is 0.394 e. The van der Waals surface area contributed by atoms with Crippen LogP contribution in [0.5, 0.6) is 0 Å². The molecule has 438 valence electrons. The van der Waals surface area contributed by atoms with Gasteiger partial charge in [0.25, 0.3) is 0 Å². The van der Waals surface area contributed by atoms with Crippen molar-refractivity contribution in [3.05, 3.63) is 12.2 Å². The average molecular weight is 1060 g/mol. The molecular formula is C60H115NO13. The van der Waals surface area contributed by atoms with Crippen molar-refractivity contribution >= 4 is 5.91 Å². The lowest BCUT2D eigenvalue weighted by Gasteiger charge is -2.46. The zero-order chi connectivity index (χ0) is 53.9. The first-order valence-corrected chi connectivity index (χ1v) is 30.9. The van der Waals surface area contributed by atoms with Crippen LogP contribution in [0, 0.1) is 0 Å². The second kappa shape index (κ2) is 46.6. The Morgan fingerprint density at radius 1 is 0.473 bits per heavy atom. The monoisotopic (exact) mass is 1060 g/mol. The lowest BCUT2D eigenvalue weighted by molar-refractivity contribution is -0.359. The molecule has 0 aromatic heterocycles. The number of nitrogens with one attached hydrogen (secondary N) is 1. The lowest BCUT2D eigenvalue weighted by atomic mass is 9.97. The minimum Gasteiger partial charge on any atom is -0.394 e. The molecule has 2 fully saturated rings. The summed E-state index contributed by atoms with van der Waals surface area (Å²) in [6.45, 7) is 2.83. The molecule has 2 aliphatic heterocycles. The molecule has 9 N–H and O–H groups in total. The van der Waals surface area contributed by atoms with Gasteiger partial charge in [-0.1, -0.05) is 257 Å². The number of ether oxygens (including phenoxy) is 4. The van der Waals surface area contributed by atoms with Gasteiger partial charge in [0.2, 0.25) is 5.91 Å². The van der Waals surface area contributed by atoms with Crippen molar-refractivity contribution in [2.24, 2.45) is 0 Å². The fourth-order valence-electron chi connectivity index (χ4n) is 10.5. The van der Waals surface area contributed by atoms with Crippen molar-refractivity contribution in [3.8, 4) is 0 Å². The molecule has 14 nitrogen and oxygen atoms in total. The molecule has 0 aromatic rings. The third kappa shape index (κ3) is 32.0. The van der Waals surface area contributed by atoms with Crippen LogP contribution in [0.3, 0.4) is 0 Å². The molecule has 2 saturated heterocycles. The maximum Gasteiger partial charge on any atom is 0.220 e. The number of rotatable bonds is 50. The molecule has 0 radical (unpaired) electrons. The molecule has 0 bridgehead atoms. The maximum atomic E-state index is 13.2. The lowest BCUT2D eigenvalue weighted by Crippen LogP contribution is -2.65. The highest BCUT2D eigenvalue weighted by atomic mass is 16.7. The predicted octanol–water partition coefficient (Wildman–Crippen LogP) is 10.7. The summed E-state index contributed by atoms with van der Waals surface area (Å²) in [6.07, 6.45) is 36.9. The van der Waals surface area contributed by atoms with E-state index in [0.29, 0.717) is 6.42 Å². The number of aliphatic hydroxyl groups excluding tert-OH is 8. The van der Waals surface area contributed by atoms with Crippen molar-refractivity contribution < 1.29 is 64.6 Å². The average Bonchev–Trinajstić information content (AvgIpc) is 3.40. The standard InChI is InChI=1S/C60H115NO13/c1-3-5-7-9-11-13-15-17-19-20-21-22-23-24-25-26-27-28-29-30-31-33-35-37-39-41-43-49(64)48(61-52(65)44-42-40-38-36-34-32-18-16-14-12-10-8-6-4-2)47-71-59-57(70)55(68)58(51(46-63)73-59)74-60-56(69)54(67)53(66)50(45-62)72-60/h41,43,48-51,53-60,62-64,66-70H,3-40,42,44-47H2,1-2H3,(H,61,65)/b43-41+. The van der Waals surface area contributed by atoms with Gasteiger partial charge < -0.3 is 65.1 Å². The number of amides is 1. The maximum absolute atomic E-state index is 13.2. The number of allylic oxidation sites excluding steroid dienone is 1. The molecule has 0 aliphatic carbocycles. The first kappa shape index (κ1) is 68.8. The van der Waals surface area contributed by atoms with Crippen molar-refractivity contribution in [2.45, 2.75) is 344 Å². The molecule has 2 rings (SSSR count). The summed E-state index contributed by atoms with van der Waals surface area (Å²) in [7, 11) is 0. The number of carbonyl (C=O) groups is 1. The number of carbonyl (C=O) groups excluding carboxylic acids is 1. The SMILES string of the molecule is CCCCCCCCCCCCCCCCCCCCCCCCCC/C=C/C(O)C(COC1OC(CO)C(OC2OC(CO)C(O)C(O)C2O)C(O)C1O)NC(=O)CCCCCCCCCCCCCCCC. The van der Waals surface area contributed by atoms with E-state index in [1.54, 1.807) is 6.08 Å². The highest BCUT2D eigenvalue weighted by Crippen LogP contribution is 2.30. The summed E-state index contributed by atoms with van der Waals surface area (Å²) in [4.78, 5) is 13.2. The molecule has 12 atom stereocenters. The van der Waals surface area contributed by atoms with Gasteiger partial charge in [-0.15, -0.1) is 0 Å². The van der Waals surface area contributed by atoms with Crippen LogP contribution in [0.15, 0.2) is 12.2 Å². The minimum atomic E-state index is -1.79. The quantitative estimate of drug-likeness (QED) is 0.0204. The normalized spacial score (nSPS) is 25.2. The second-order valence-corrected chi connectivity index (χ2v) is 22.2. The molecule has 74 heavy (non-hydrogen) atoms.